The van der Waals surface area contributed by atoms with Gasteiger partial charge in [-0.2, -0.15) is 0 Å². The molecule has 1 heteroatoms. The molecule has 0 amide bonds. The van der Waals surface area contributed by atoms with Gasteiger partial charge in [-0.1, -0.05) is 41.0 Å². The second-order valence-corrected chi connectivity index (χ2v) is 2.27. The Labute approximate surface area is 79.5 Å². The van der Waals surface area contributed by atoms with Crippen molar-refractivity contribution >= 4 is 0 Å². The van der Waals surface area contributed by atoms with Gasteiger partial charge in [-0.3, -0.25) is 0 Å². The predicted octanol–water partition coefficient (Wildman–Crippen LogP) is 4.26. The predicted molar refractivity (Wildman–Crippen MR) is 58.7 cm³/mol. The summed E-state index contributed by atoms with van der Waals surface area (Å²) in [4.78, 5) is 0. The van der Waals surface area contributed by atoms with E-state index in [4.69, 9.17) is 4.74 Å². The molecule has 0 aliphatic heterocycles. The molecule has 0 aromatic carbocycles. The highest BCUT2D eigenvalue weighted by atomic mass is 16.5. The van der Waals surface area contributed by atoms with Crippen LogP contribution >= 0.6 is 0 Å². The smallest absolute Gasteiger partial charge is 0.0518 e. The lowest BCUT2D eigenvalue weighted by atomic mass is 10.3. The second kappa shape index (κ2) is 22.4. The third-order valence-corrected chi connectivity index (χ3v) is 0.949. The van der Waals surface area contributed by atoms with Gasteiger partial charge in [0.25, 0.3) is 0 Å². The van der Waals surface area contributed by atoms with Crippen LogP contribution in [0.3, 0.4) is 0 Å². The van der Waals surface area contributed by atoms with E-state index in [1.807, 2.05) is 27.7 Å². The molecule has 0 aliphatic carbocycles. The van der Waals surface area contributed by atoms with Gasteiger partial charge in [0.15, 0.2) is 0 Å². The summed E-state index contributed by atoms with van der Waals surface area (Å²) in [5, 5.41) is 0. The summed E-state index contributed by atoms with van der Waals surface area (Å²) in [6.07, 6.45) is 2.83. The highest BCUT2D eigenvalue weighted by Gasteiger charge is 1.89. The van der Waals surface area contributed by atoms with Crippen LogP contribution in [-0.4, -0.2) is 12.7 Å². The maximum absolute atomic E-state index is 5.28. The summed E-state index contributed by atoms with van der Waals surface area (Å²) in [5.41, 5.74) is 0. The zero-order valence-corrected chi connectivity index (χ0v) is 10.1. The molecule has 12 heavy (non-hydrogen) atoms. The van der Waals surface area contributed by atoms with Crippen LogP contribution < -0.4 is 0 Å². The van der Waals surface area contributed by atoms with Crippen LogP contribution in [0, 0.1) is 0 Å². The molecule has 0 atom stereocenters. The fourth-order valence-corrected chi connectivity index (χ4v) is 0.463. The molecule has 0 unspecified atom stereocenters. The first-order valence-corrected chi connectivity index (χ1v) is 5.39. The number of hydrogen-bond donors (Lipinski definition) is 0. The monoisotopic (exact) mass is 176 g/mol. The molecule has 0 aromatic rings. The first kappa shape index (κ1) is 17.9. The van der Waals surface area contributed by atoms with Crippen molar-refractivity contribution in [3.8, 4) is 0 Å². The molecule has 0 radical (unpaired) electrons. The maximum Gasteiger partial charge on any atom is 0.0518 e. The van der Waals surface area contributed by atoms with Crippen LogP contribution in [0.5, 0.6) is 0 Å². The minimum atomic E-state index is 0.404. The molecule has 0 saturated carbocycles. The Bertz CT molecular complexity index is 42.3. The number of rotatable bonds is 4. The van der Waals surface area contributed by atoms with Gasteiger partial charge in [-0.15, -0.1) is 0 Å². The Morgan fingerprint density at radius 1 is 1.00 bits per heavy atom. The average molecular weight is 176 g/mol. The fraction of sp³-hybridized carbons (Fsp3) is 1.00. The van der Waals surface area contributed by atoms with Gasteiger partial charge in [0.2, 0.25) is 0 Å². The SMILES string of the molecule is CC.CC.CCCCOC(C)C. The molecular weight excluding hydrogens is 148 g/mol. The Hall–Kier alpha value is -0.0400. The lowest BCUT2D eigenvalue weighted by Gasteiger charge is -2.04. The van der Waals surface area contributed by atoms with Gasteiger partial charge in [-0.05, 0) is 20.3 Å². The van der Waals surface area contributed by atoms with E-state index in [-0.39, 0.29) is 0 Å². The average Bonchev–Trinajstić information content (AvgIpc) is 2.12. The lowest BCUT2D eigenvalue weighted by molar-refractivity contribution is 0.0767. The Morgan fingerprint density at radius 3 is 1.67 bits per heavy atom. The van der Waals surface area contributed by atoms with Crippen molar-refractivity contribution in [3.63, 3.8) is 0 Å². The summed E-state index contributed by atoms with van der Waals surface area (Å²) in [6.45, 7) is 15.2. The van der Waals surface area contributed by atoms with Crippen molar-refractivity contribution in [2.75, 3.05) is 6.61 Å². The van der Waals surface area contributed by atoms with Crippen LogP contribution in [0.1, 0.15) is 61.3 Å². The van der Waals surface area contributed by atoms with Crippen LogP contribution in [0.15, 0.2) is 0 Å². The minimum absolute atomic E-state index is 0.404. The molecule has 0 fully saturated rings. The Kier molecular flexibility index (Phi) is 33.5. The van der Waals surface area contributed by atoms with Gasteiger partial charge in [0.1, 0.15) is 0 Å². The number of hydrogen-bond acceptors (Lipinski definition) is 1. The third-order valence-electron chi connectivity index (χ3n) is 0.949. The van der Waals surface area contributed by atoms with Crippen LogP contribution in [-0.2, 0) is 4.74 Å². The van der Waals surface area contributed by atoms with Crippen molar-refractivity contribution < 1.29 is 4.74 Å². The van der Waals surface area contributed by atoms with E-state index in [0.29, 0.717) is 6.10 Å². The molecule has 0 spiro atoms. The second-order valence-electron chi connectivity index (χ2n) is 2.27. The summed E-state index contributed by atoms with van der Waals surface area (Å²) in [5.74, 6) is 0. The van der Waals surface area contributed by atoms with Gasteiger partial charge in [0, 0.05) is 6.61 Å². The Balaban J connectivity index is -0.000000175. The maximum atomic E-state index is 5.28. The minimum Gasteiger partial charge on any atom is -0.379 e. The van der Waals surface area contributed by atoms with E-state index in [1.165, 1.54) is 12.8 Å². The van der Waals surface area contributed by atoms with E-state index < -0.39 is 0 Å². The van der Waals surface area contributed by atoms with Crippen molar-refractivity contribution in [1.82, 2.24) is 0 Å². The summed E-state index contributed by atoms with van der Waals surface area (Å²) < 4.78 is 5.28. The van der Waals surface area contributed by atoms with E-state index in [0.717, 1.165) is 6.61 Å². The van der Waals surface area contributed by atoms with Crippen molar-refractivity contribution in [2.45, 2.75) is 67.4 Å². The van der Waals surface area contributed by atoms with Gasteiger partial charge < -0.3 is 4.74 Å². The van der Waals surface area contributed by atoms with Crippen LogP contribution in [0.4, 0.5) is 0 Å². The molecule has 1 nitrogen and oxygen atoms in total. The normalized spacial score (nSPS) is 8.00. The molecule has 0 heterocycles. The lowest BCUT2D eigenvalue weighted by Crippen LogP contribution is -2.02. The molecule has 0 aromatic heterocycles. The largest absolute Gasteiger partial charge is 0.379 e. The summed E-state index contributed by atoms with van der Waals surface area (Å²) >= 11 is 0. The zero-order chi connectivity index (χ0) is 10.4. The van der Waals surface area contributed by atoms with E-state index >= 15 is 0 Å². The summed E-state index contributed by atoms with van der Waals surface area (Å²) in [7, 11) is 0. The first-order chi connectivity index (χ1) is 5.77. The van der Waals surface area contributed by atoms with Crippen molar-refractivity contribution in [3.05, 3.63) is 0 Å². The van der Waals surface area contributed by atoms with Gasteiger partial charge >= 0.3 is 0 Å². The highest BCUT2D eigenvalue weighted by molar-refractivity contribution is 4.36. The molecule has 0 aliphatic rings. The fourth-order valence-electron chi connectivity index (χ4n) is 0.463. The molecule has 78 valence electrons. The van der Waals surface area contributed by atoms with Crippen LogP contribution in [0.2, 0.25) is 0 Å². The van der Waals surface area contributed by atoms with Gasteiger partial charge in [-0.25, -0.2) is 0 Å². The van der Waals surface area contributed by atoms with Crippen LogP contribution in [0.25, 0.3) is 0 Å². The van der Waals surface area contributed by atoms with E-state index in [2.05, 4.69) is 20.8 Å². The highest BCUT2D eigenvalue weighted by Crippen LogP contribution is 1.91. The first-order valence-electron chi connectivity index (χ1n) is 5.39. The standard InChI is InChI=1S/C7H16O.2C2H6/c1-4-5-6-8-7(2)3;2*1-2/h7H,4-6H2,1-3H3;2*1-2H3. The number of ether oxygens (including phenoxy) is 1. The molecule has 0 saturated heterocycles. The molecule has 0 rings (SSSR count). The van der Waals surface area contributed by atoms with Crippen molar-refractivity contribution in [1.29, 1.82) is 0 Å². The molecule has 0 bridgehead atoms. The zero-order valence-electron chi connectivity index (χ0n) is 10.1. The molecular formula is C11H28O. The van der Waals surface area contributed by atoms with Crippen molar-refractivity contribution in [2.24, 2.45) is 0 Å². The van der Waals surface area contributed by atoms with E-state index in [9.17, 15) is 0 Å². The quantitative estimate of drug-likeness (QED) is 0.581. The summed E-state index contributed by atoms with van der Waals surface area (Å²) in [6, 6.07) is 0. The molecule has 0 N–H and O–H groups in total. The third kappa shape index (κ3) is 32.5. The topological polar surface area (TPSA) is 9.23 Å². The Morgan fingerprint density at radius 2 is 1.42 bits per heavy atom. The number of unbranched alkanes of at least 4 members (excludes halogenated alkanes) is 1. The van der Waals surface area contributed by atoms with E-state index in [1.54, 1.807) is 0 Å². The van der Waals surface area contributed by atoms with Gasteiger partial charge in [0.05, 0.1) is 6.10 Å².